The van der Waals surface area contributed by atoms with E-state index in [1.165, 1.54) is 12.1 Å². The normalized spacial score (nSPS) is 12.1. The molecule has 0 spiro atoms. The van der Waals surface area contributed by atoms with Gasteiger partial charge in [-0.1, -0.05) is 12.1 Å². The Labute approximate surface area is 115 Å². The molecule has 19 heavy (non-hydrogen) atoms. The highest BCUT2D eigenvalue weighted by Gasteiger charge is 2.13. The number of nitrogens with one attached hydrogen (secondary N) is 1. The van der Waals surface area contributed by atoms with Gasteiger partial charge in [0.2, 0.25) is 0 Å². The van der Waals surface area contributed by atoms with Crippen molar-refractivity contribution in [2.24, 2.45) is 0 Å². The molecule has 1 amide bonds. The molecule has 100 valence electrons. The number of aliphatic hydroxyl groups excluding tert-OH is 1. The molecule has 4 N–H and O–H groups in total. The molecule has 0 fully saturated rings. The van der Waals surface area contributed by atoms with Crippen LogP contribution in [0.5, 0.6) is 0 Å². The number of nitrogens with two attached hydrogens (primary N) is 1. The molecule has 2 aromatic rings. The predicted molar refractivity (Wildman–Crippen MR) is 71.9 cm³/mol. The van der Waals surface area contributed by atoms with Crippen molar-refractivity contribution in [1.29, 1.82) is 0 Å². The molecule has 1 unspecified atom stereocenters. The van der Waals surface area contributed by atoms with Gasteiger partial charge in [-0.3, -0.25) is 4.79 Å². The number of carbonyl (C=O) groups excluding carboxylic acids is 1. The van der Waals surface area contributed by atoms with Gasteiger partial charge in [0.25, 0.3) is 5.91 Å². The minimum absolute atomic E-state index is 0.0705. The first-order valence-electron chi connectivity index (χ1n) is 5.63. The summed E-state index contributed by atoms with van der Waals surface area (Å²) in [6.07, 6.45) is -0.810. The summed E-state index contributed by atoms with van der Waals surface area (Å²) in [5.74, 6) is -0.323. The summed E-state index contributed by atoms with van der Waals surface area (Å²) in [4.78, 5) is 11.7. The molecule has 1 atom stereocenters. The zero-order valence-electron chi connectivity index (χ0n) is 9.97. The Hall–Kier alpha value is -1.98. The van der Waals surface area contributed by atoms with Crippen molar-refractivity contribution in [3.63, 3.8) is 0 Å². The van der Waals surface area contributed by atoms with Gasteiger partial charge in [0.05, 0.1) is 6.10 Å². The van der Waals surface area contributed by atoms with E-state index in [1.54, 1.807) is 24.3 Å². The molecule has 1 aromatic carbocycles. The molecule has 0 bridgehead atoms. The summed E-state index contributed by atoms with van der Waals surface area (Å²) in [6.45, 7) is 0.0705. The highest BCUT2D eigenvalue weighted by Crippen LogP contribution is 2.15. The van der Waals surface area contributed by atoms with Crippen LogP contribution in [-0.2, 0) is 0 Å². The SMILES string of the molecule is Nc1ccc(C(O)CNC(=O)c2ccc(Cl)o2)cc1. The first-order chi connectivity index (χ1) is 9.06. The van der Waals surface area contributed by atoms with Crippen LogP contribution in [0.3, 0.4) is 0 Å². The second-order valence-corrected chi connectivity index (χ2v) is 4.37. The molecule has 0 aliphatic heterocycles. The second-order valence-electron chi connectivity index (χ2n) is 4.00. The third-order valence-electron chi connectivity index (χ3n) is 2.57. The van der Waals surface area contributed by atoms with E-state index in [2.05, 4.69) is 5.32 Å². The quantitative estimate of drug-likeness (QED) is 0.747. The minimum atomic E-state index is -0.810. The molecule has 0 radical (unpaired) electrons. The average Bonchev–Trinajstić information content (AvgIpc) is 2.83. The molecule has 0 aliphatic rings. The monoisotopic (exact) mass is 280 g/mol. The molecule has 1 aromatic heterocycles. The lowest BCUT2D eigenvalue weighted by Gasteiger charge is -2.11. The molecule has 6 heteroatoms. The van der Waals surface area contributed by atoms with Crippen molar-refractivity contribution in [2.45, 2.75) is 6.10 Å². The van der Waals surface area contributed by atoms with Crippen molar-refractivity contribution in [3.05, 3.63) is 52.9 Å². The number of benzene rings is 1. The van der Waals surface area contributed by atoms with Gasteiger partial charge in [-0.05, 0) is 41.4 Å². The van der Waals surface area contributed by atoms with E-state index >= 15 is 0 Å². The summed E-state index contributed by atoms with van der Waals surface area (Å²) in [7, 11) is 0. The van der Waals surface area contributed by atoms with Crippen LogP contribution in [0.2, 0.25) is 5.22 Å². The van der Waals surface area contributed by atoms with Gasteiger partial charge >= 0.3 is 0 Å². The van der Waals surface area contributed by atoms with E-state index in [9.17, 15) is 9.90 Å². The number of halogens is 1. The Morgan fingerprint density at radius 2 is 2.00 bits per heavy atom. The molecule has 5 nitrogen and oxygen atoms in total. The van der Waals surface area contributed by atoms with Gasteiger partial charge in [-0.15, -0.1) is 0 Å². The fourth-order valence-electron chi connectivity index (χ4n) is 1.55. The Bertz CT molecular complexity index is 566. The van der Waals surface area contributed by atoms with E-state index < -0.39 is 12.0 Å². The van der Waals surface area contributed by atoms with Crippen LogP contribution in [0, 0.1) is 0 Å². The van der Waals surface area contributed by atoms with Crippen molar-refractivity contribution in [2.75, 3.05) is 12.3 Å². The van der Waals surface area contributed by atoms with Crippen molar-refractivity contribution < 1.29 is 14.3 Å². The lowest BCUT2D eigenvalue weighted by molar-refractivity contribution is 0.0889. The number of amides is 1. The topological polar surface area (TPSA) is 88.5 Å². The fourth-order valence-corrected chi connectivity index (χ4v) is 1.69. The molecular weight excluding hydrogens is 268 g/mol. The van der Waals surface area contributed by atoms with E-state index in [0.717, 1.165) is 0 Å². The second kappa shape index (κ2) is 5.77. The predicted octanol–water partition coefficient (Wildman–Crippen LogP) is 1.98. The van der Waals surface area contributed by atoms with Crippen LogP contribution in [0.25, 0.3) is 0 Å². The first kappa shape index (κ1) is 13.5. The summed E-state index contributed by atoms with van der Waals surface area (Å²) in [5, 5.41) is 12.6. The number of hydrogen-bond acceptors (Lipinski definition) is 4. The first-order valence-corrected chi connectivity index (χ1v) is 6.01. The maximum Gasteiger partial charge on any atom is 0.287 e. The number of aliphatic hydroxyl groups is 1. The van der Waals surface area contributed by atoms with Crippen molar-refractivity contribution in [3.8, 4) is 0 Å². The van der Waals surface area contributed by atoms with E-state index in [1.807, 2.05) is 0 Å². The number of carbonyl (C=O) groups is 1. The van der Waals surface area contributed by atoms with Crippen LogP contribution in [-0.4, -0.2) is 17.6 Å². The Morgan fingerprint density at radius 1 is 1.32 bits per heavy atom. The summed E-state index contributed by atoms with van der Waals surface area (Å²) in [6, 6.07) is 9.73. The van der Waals surface area contributed by atoms with Crippen molar-refractivity contribution >= 4 is 23.2 Å². The molecule has 0 saturated heterocycles. The summed E-state index contributed by atoms with van der Waals surface area (Å²) in [5.41, 5.74) is 6.84. The van der Waals surface area contributed by atoms with Crippen LogP contribution in [0.1, 0.15) is 22.2 Å². The van der Waals surface area contributed by atoms with Crippen molar-refractivity contribution in [1.82, 2.24) is 5.32 Å². The van der Waals surface area contributed by atoms with Crippen LogP contribution in [0.15, 0.2) is 40.8 Å². The zero-order chi connectivity index (χ0) is 13.8. The third kappa shape index (κ3) is 3.49. The molecule has 1 heterocycles. The highest BCUT2D eigenvalue weighted by molar-refractivity contribution is 6.29. The smallest absolute Gasteiger partial charge is 0.287 e. The van der Waals surface area contributed by atoms with E-state index in [0.29, 0.717) is 11.3 Å². The lowest BCUT2D eigenvalue weighted by Crippen LogP contribution is -2.28. The van der Waals surface area contributed by atoms with E-state index in [-0.39, 0.29) is 17.5 Å². The maximum absolute atomic E-state index is 11.7. The Kier molecular flexibility index (Phi) is 4.09. The highest BCUT2D eigenvalue weighted by atomic mass is 35.5. The molecule has 0 saturated carbocycles. The van der Waals surface area contributed by atoms with Gasteiger partial charge in [0, 0.05) is 12.2 Å². The number of anilines is 1. The van der Waals surface area contributed by atoms with Gasteiger partial charge in [-0.2, -0.15) is 0 Å². The number of furan rings is 1. The number of rotatable bonds is 4. The molecule has 0 aliphatic carbocycles. The minimum Gasteiger partial charge on any atom is -0.440 e. The molecule has 2 rings (SSSR count). The van der Waals surface area contributed by atoms with Gasteiger partial charge < -0.3 is 20.6 Å². The van der Waals surface area contributed by atoms with Crippen LogP contribution in [0.4, 0.5) is 5.69 Å². The summed E-state index contributed by atoms with van der Waals surface area (Å²) >= 11 is 5.57. The van der Waals surface area contributed by atoms with E-state index in [4.69, 9.17) is 21.8 Å². The fraction of sp³-hybridized carbons (Fsp3) is 0.154. The van der Waals surface area contributed by atoms with Crippen LogP contribution < -0.4 is 11.1 Å². The maximum atomic E-state index is 11.7. The summed E-state index contributed by atoms with van der Waals surface area (Å²) < 4.78 is 4.95. The Morgan fingerprint density at radius 3 is 2.58 bits per heavy atom. The Balaban J connectivity index is 1.91. The van der Waals surface area contributed by atoms with Gasteiger partial charge in [0.15, 0.2) is 11.0 Å². The zero-order valence-corrected chi connectivity index (χ0v) is 10.7. The molecular formula is C13H13ClN2O3. The number of nitrogen functional groups attached to an aromatic ring is 1. The largest absolute Gasteiger partial charge is 0.440 e. The van der Waals surface area contributed by atoms with Gasteiger partial charge in [0.1, 0.15) is 0 Å². The average molecular weight is 281 g/mol. The third-order valence-corrected chi connectivity index (χ3v) is 2.78. The number of hydrogen-bond donors (Lipinski definition) is 3. The standard InChI is InChI=1S/C13H13ClN2O3/c14-12-6-5-11(19-12)13(18)16-7-10(17)8-1-3-9(15)4-2-8/h1-6,10,17H,7,15H2,(H,16,18). The lowest BCUT2D eigenvalue weighted by atomic mass is 10.1. The van der Waals surface area contributed by atoms with Gasteiger partial charge in [-0.25, -0.2) is 0 Å². The van der Waals surface area contributed by atoms with Crippen LogP contribution >= 0.6 is 11.6 Å².